The van der Waals surface area contributed by atoms with Crippen LogP contribution < -0.4 is 0 Å². The Kier molecular flexibility index (Phi) is 1.88. The fourth-order valence-corrected chi connectivity index (χ4v) is 3.41. The van der Waals surface area contributed by atoms with Gasteiger partial charge in [0, 0.05) is 5.92 Å². The molecular weight excluding hydrogens is 172 g/mol. The summed E-state index contributed by atoms with van der Waals surface area (Å²) < 4.78 is 0. The molecule has 2 aliphatic rings. The van der Waals surface area contributed by atoms with E-state index in [2.05, 4.69) is 24.3 Å². The van der Waals surface area contributed by atoms with Crippen molar-refractivity contribution >= 4 is 0 Å². The Bertz CT molecular complexity index is 317. The molecule has 0 aliphatic heterocycles. The minimum absolute atomic E-state index is 0.0730. The smallest absolute Gasteiger partial charge is 0.0639 e. The fourth-order valence-electron chi connectivity index (χ4n) is 3.41. The first-order valence-corrected chi connectivity index (χ1v) is 5.59. The van der Waals surface area contributed by atoms with Crippen LogP contribution in [0.15, 0.2) is 30.3 Å². The maximum atomic E-state index is 10.1. The van der Waals surface area contributed by atoms with E-state index in [0.717, 1.165) is 5.92 Å². The largest absolute Gasteiger partial charge is 0.392 e. The Morgan fingerprint density at radius 2 is 1.71 bits per heavy atom. The van der Waals surface area contributed by atoms with Gasteiger partial charge in [-0.1, -0.05) is 30.3 Å². The van der Waals surface area contributed by atoms with Gasteiger partial charge in [-0.3, -0.25) is 0 Å². The van der Waals surface area contributed by atoms with Crippen LogP contribution in [0.1, 0.15) is 30.7 Å². The van der Waals surface area contributed by atoms with E-state index in [9.17, 15) is 5.11 Å². The van der Waals surface area contributed by atoms with Crippen molar-refractivity contribution in [2.24, 2.45) is 11.8 Å². The SMILES string of the molecule is O[C@H]1[C@H]2CC[C@@H](C2)[C@H]1c1ccccc1. The molecule has 74 valence electrons. The van der Waals surface area contributed by atoms with Gasteiger partial charge in [-0.05, 0) is 36.7 Å². The molecule has 0 radical (unpaired) electrons. The first-order chi connectivity index (χ1) is 6.86. The second kappa shape index (κ2) is 3.09. The van der Waals surface area contributed by atoms with Gasteiger partial charge in [0.05, 0.1) is 6.10 Å². The molecule has 0 heterocycles. The highest BCUT2D eigenvalue weighted by Crippen LogP contribution is 2.52. The van der Waals surface area contributed by atoms with Crippen LogP contribution in [0.4, 0.5) is 0 Å². The number of hydrogen-bond donors (Lipinski definition) is 1. The van der Waals surface area contributed by atoms with E-state index in [1.807, 2.05) is 6.07 Å². The standard InChI is InChI=1S/C13H16O/c14-13-11-7-6-10(8-11)12(13)9-4-2-1-3-5-9/h1-5,10-14H,6-8H2/t10-,11-,12+,13-/m0/s1. The molecule has 14 heavy (non-hydrogen) atoms. The molecule has 4 atom stereocenters. The summed E-state index contributed by atoms with van der Waals surface area (Å²) in [5.41, 5.74) is 1.34. The molecule has 1 N–H and O–H groups in total. The van der Waals surface area contributed by atoms with Crippen LogP contribution in [-0.2, 0) is 0 Å². The average Bonchev–Trinajstić information content (AvgIpc) is 2.79. The molecule has 1 aromatic rings. The maximum absolute atomic E-state index is 10.1. The lowest BCUT2D eigenvalue weighted by atomic mass is 9.81. The van der Waals surface area contributed by atoms with Gasteiger partial charge in [-0.2, -0.15) is 0 Å². The Morgan fingerprint density at radius 3 is 2.36 bits per heavy atom. The third-order valence-corrected chi connectivity index (χ3v) is 4.06. The zero-order valence-corrected chi connectivity index (χ0v) is 8.26. The Morgan fingerprint density at radius 1 is 1.00 bits per heavy atom. The van der Waals surface area contributed by atoms with Crippen molar-refractivity contribution in [2.75, 3.05) is 0 Å². The molecule has 2 saturated carbocycles. The lowest BCUT2D eigenvalue weighted by Gasteiger charge is -2.27. The summed E-state index contributed by atoms with van der Waals surface area (Å²) in [7, 11) is 0. The van der Waals surface area contributed by atoms with E-state index in [4.69, 9.17) is 0 Å². The van der Waals surface area contributed by atoms with E-state index in [-0.39, 0.29) is 6.10 Å². The highest BCUT2D eigenvalue weighted by Gasteiger charge is 2.47. The van der Waals surface area contributed by atoms with Crippen LogP contribution in [-0.4, -0.2) is 11.2 Å². The number of benzene rings is 1. The predicted octanol–water partition coefficient (Wildman–Crippen LogP) is 2.56. The zero-order chi connectivity index (χ0) is 9.54. The van der Waals surface area contributed by atoms with Gasteiger partial charge in [-0.15, -0.1) is 0 Å². The van der Waals surface area contributed by atoms with Crippen LogP contribution >= 0.6 is 0 Å². The van der Waals surface area contributed by atoms with Crippen molar-refractivity contribution in [3.63, 3.8) is 0 Å². The summed E-state index contributed by atoms with van der Waals surface area (Å²) in [4.78, 5) is 0. The summed E-state index contributed by atoms with van der Waals surface area (Å²) in [6.07, 6.45) is 3.74. The van der Waals surface area contributed by atoms with Gasteiger partial charge < -0.3 is 5.11 Å². The first kappa shape index (κ1) is 8.49. The van der Waals surface area contributed by atoms with Gasteiger partial charge in [0.2, 0.25) is 0 Å². The Balaban J connectivity index is 1.93. The molecule has 0 spiro atoms. The van der Waals surface area contributed by atoms with E-state index in [0.29, 0.717) is 11.8 Å². The maximum Gasteiger partial charge on any atom is 0.0639 e. The van der Waals surface area contributed by atoms with Gasteiger partial charge in [-0.25, -0.2) is 0 Å². The van der Waals surface area contributed by atoms with Crippen molar-refractivity contribution in [1.82, 2.24) is 0 Å². The molecule has 0 unspecified atom stereocenters. The second-order valence-corrected chi connectivity index (χ2v) is 4.76. The van der Waals surface area contributed by atoms with E-state index in [1.54, 1.807) is 0 Å². The highest BCUT2D eigenvalue weighted by atomic mass is 16.3. The zero-order valence-electron chi connectivity index (χ0n) is 8.26. The summed E-state index contributed by atoms with van der Waals surface area (Å²) in [5, 5.41) is 10.1. The molecule has 0 amide bonds. The molecular formula is C13H16O. The van der Waals surface area contributed by atoms with Crippen molar-refractivity contribution in [3.05, 3.63) is 35.9 Å². The fraction of sp³-hybridized carbons (Fsp3) is 0.538. The number of aliphatic hydroxyl groups excluding tert-OH is 1. The average molecular weight is 188 g/mol. The van der Waals surface area contributed by atoms with Crippen LogP contribution in [0.3, 0.4) is 0 Å². The highest BCUT2D eigenvalue weighted by molar-refractivity contribution is 5.25. The quantitative estimate of drug-likeness (QED) is 0.718. The molecule has 2 bridgehead atoms. The molecule has 2 aliphatic carbocycles. The van der Waals surface area contributed by atoms with Crippen LogP contribution in [0.5, 0.6) is 0 Å². The van der Waals surface area contributed by atoms with Gasteiger partial charge in [0.25, 0.3) is 0 Å². The normalized spacial score (nSPS) is 40.4. The molecule has 1 nitrogen and oxygen atoms in total. The van der Waals surface area contributed by atoms with Crippen LogP contribution in [0.2, 0.25) is 0 Å². The Labute approximate surface area is 84.8 Å². The second-order valence-electron chi connectivity index (χ2n) is 4.76. The lowest BCUT2D eigenvalue weighted by Crippen LogP contribution is -2.25. The molecule has 3 rings (SSSR count). The molecule has 2 fully saturated rings. The predicted molar refractivity (Wildman–Crippen MR) is 56.0 cm³/mol. The van der Waals surface area contributed by atoms with E-state index < -0.39 is 0 Å². The van der Waals surface area contributed by atoms with E-state index in [1.165, 1.54) is 24.8 Å². The van der Waals surface area contributed by atoms with Crippen molar-refractivity contribution < 1.29 is 5.11 Å². The first-order valence-electron chi connectivity index (χ1n) is 5.59. The molecule has 1 heteroatoms. The lowest BCUT2D eigenvalue weighted by molar-refractivity contribution is 0.0923. The van der Waals surface area contributed by atoms with Gasteiger partial charge in [0.15, 0.2) is 0 Å². The summed E-state index contributed by atoms with van der Waals surface area (Å²) in [6.45, 7) is 0. The third kappa shape index (κ3) is 1.12. The number of fused-ring (bicyclic) bond motifs is 2. The molecule has 1 aromatic carbocycles. The summed E-state index contributed by atoms with van der Waals surface area (Å²) in [6, 6.07) is 10.5. The van der Waals surface area contributed by atoms with Crippen LogP contribution in [0, 0.1) is 11.8 Å². The summed E-state index contributed by atoms with van der Waals surface area (Å²) in [5.74, 6) is 1.76. The molecule has 0 aromatic heterocycles. The van der Waals surface area contributed by atoms with Gasteiger partial charge >= 0.3 is 0 Å². The number of hydrogen-bond acceptors (Lipinski definition) is 1. The number of aliphatic hydroxyl groups is 1. The molecule has 0 saturated heterocycles. The minimum Gasteiger partial charge on any atom is -0.392 e. The third-order valence-electron chi connectivity index (χ3n) is 4.06. The van der Waals surface area contributed by atoms with Crippen molar-refractivity contribution in [1.29, 1.82) is 0 Å². The van der Waals surface area contributed by atoms with E-state index >= 15 is 0 Å². The summed E-state index contributed by atoms with van der Waals surface area (Å²) >= 11 is 0. The van der Waals surface area contributed by atoms with Crippen molar-refractivity contribution in [3.8, 4) is 0 Å². The van der Waals surface area contributed by atoms with Gasteiger partial charge in [0.1, 0.15) is 0 Å². The van der Waals surface area contributed by atoms with Crippen LogP contribution in [0.25, 0.3) is 0 Å². The minimum atomic E-state index is -0.0730. The number of rotatable bonds is 1. The topological polar surface area (TPSA) is 20.2 Å². The van der Waals surface area contributed by atoms with Crippen molar-refractivity contribution in [2.45, 2.75) is 31.3 Å². The Hall–Kier alpha value is -0.820. The monoisotopic (exact) mass is 188 g/mol.